The molecule has 0 unspecified atom stereocenters. The van der Waals surface area contributed by atoms with E-state index in [1.54, 1.807) is 0 Å². The lowest BCUT2D eigenvalue weighted by Gasteiger charge is -2.22. The summed E-state index contributed by atoms with van der Waals surface area (Å²) in [6, 6.07) is 7.59. The Morgan fingerprint density at radius 1 is 1.13 bits per heavy atom. The van der Waals surface area contributed by atoms with Gasteiger partial charge in [0.1, 0.15) is 10.8 Å². The molecule has 1 amide bonds. The summed E-state index contributed by atoms with van der Waals surface area (Å²) in [5.74, 6) is -1.30. The van der Waals surface area contributed by atoms with Gasteiger partial charge < -0.3 is 19.5 Å². The molecule has 0 radical (unpaired) electrons. The summed E-state index contributed by atoms with van der Waals surface area (Å²) < 4.78 is 15.6. The van der Waals surface area contributed by atoms with E-state index in [2.05, 4.69) is 26.1 Å². The molecule has 8 heteroatoms. The quantitative estimate of drug-likeness (QED) is 0.675. The molecule has 2 aromatic rings. The van der Waals surface area contributed by atoms with Crippen LogP contribution < -0.4 is 10.1 Å². The van der Waals surface area contributed by atoms with Crippen molar-refractivity contribution >= 4 is 34.2 Å². The van der Waals surface area contributed by atoms with Crippen molar-refractivity contribution in [2.45, 2.75) is 44.9 Å². The summed E-state index contributed by atoms with van der Waals surface area (Å²) in [6.07, 6.45) is 1.20. The van der Waals surface area contributed by atoms with E-state index < -0.39 is 23.8 Å². The number of para-hydroxylation sites is 1. The number of amides is 1. The average molecular weight is 446 g/mol. The summed E-state index contributed by atoms with van der Waals surface area (Å²) in [5, 5.41) is 3.13. The van der Waals surface area contributed by atoms with Crippen molar-refractivity contribution < 1.29 is 28.6 Å². The third kappa shape index (κ3) is 4.74. The van der Waals surface area contributed by atoms with E-state index in [0.29, 0.717) is 29.2 Å². The van der Waals surface area contributed by atoms with E-state index in [0.717, 1.165) is 10.4 Å². The van der Waals surface area contributed by atoms with E-state index in [1.807, 2.05) is 24.3 Å². The number of methoxy groups -OCH3 is 2. The molecule has 0 aliphatic heterocycles. The highest BCUT2D eigenvalue weighted by Gasteiger charge is 2.38. The van der Waals surface area contributed by atoms with Gasteiger partial charge in [-0.25, -0.2) is 4.79 Å². The van der Waals surface area contributed by atoms with Crippen molar-refractivity contribution in [1.29, 1.82) is 0 Å². The number of carbonyl (C=O) groups excluding carboxylic acids is 3. The van der Waals surface area contributed by atoms with E-state index in [9.17, 15) is 14.4 Å². The summed E-state index contributed by atoms with van der Waals surface area (Å²) in [6.45, 7) is 6.01. The van der Waals surface area contributed by atoms with E-state index >= 15 is 0 Å². The number of fused-ring (bicyclic) bond motifs is 1. The Labute approximate surface area is 185 Å². The largest absolute Gasteiger partial charge is 0.483 e. The summed E-state index contributed by atoms with van der Waals surface area (Å²) >= 11 is 1.29. The molecule has 0 bridgehead atoms. The number of carbonyl (C=O) groups is 3. The lowest BCUT2D eigenvalue weighted by Crippen LogP contribution is -2.23. The molecular weight excluding hydrogens is 418 g/mol. The first kappa shape index (κ1) is 22.8. The minimum absolute atomic E-state index is 0.136. The fourth-order valence-electron chi connectivity index (χ4n) is 3.75. The first-order chi connectivity index (χ1) is 14.7. The second-order valence-corrected chi connectivity index (χ2v) is 9.44. The number of thiophene rings is 1. The molecule has 1 atom stereocenters. The average Bonchev–Trinajstić information content (AvgIpc) is 3.29. The zero-order chi connectivity index (χ0) is 22.8. The van der Waals surface area contributed by atoms with Crippen LogP contribution in [0.2, 0.25) is 0 Å². The van der Waals surface area contributed by atoms with Crippen LogP contribution in [0.25, 0.3) is 0 Å². The van der Waals surface area contributed by atoms with Gasteiger partial charge in [0.2, 0.25) is 0 Å². The summed E-state index contributed by atoms with van der Waals surface area (Å²) in [4.78, 5) is 38.2. The van der Waals surface area contributed by atoms with Crippen LogP contribution in [0.1, 0.15) is 59.5 Å². The second kappa shape index (κ2) is 9.09. The smallest absolute Gasteiger partial charge is 0.341 e. The van der Waals surface area contributed by atoms with Crippen LogP contribution in [0.15, 0.2) is 24.3 Å². The van der Waals surface area contributed by atoms with Gasteiger partial charge in [-0.3, -0.25) is 9.59 Å². The van der Waals surface area contributed by atoms with Gasteiger partial charge in [0.15, 0.2) is 6.61 Å². The second-order valence-electron chi connectivity index (χ2n) is 8.33. The number of rotatable bonds is 6. The van der Waals surface area contributed by atoms with E-state index in [-0.39, 0.29) is 17.6 Å². The maximum atomic E-state index is 12.6. The molecule has 0 fully saturated rings. The molecule has 1 aliphatic carbocycles. The first-order valence-corrected chi connectivity index (χ1v) is 10.8. The Hall–Kier alpha value is -2.87. The van der Waals surface area contributed by atoms with Crippen molar-refractivity contribution in [3.05, 3.63) is 45.8 Å². The lowest BCUT2D eigenvalue weighted by atomic mass is 9.86. The normalized spacial score (nSPS) is 15.2. The molecule has 1 aliphatic rings. The molecule has 166 valence electrons. The number of nitrogens with one attached hydrogen (secondary N) is 1. The number of aryl methyl sites for hydroxylation is 1. The number of ether oxygens (including phenoxy) is 3. The van der Waals surface area contributed by atoms with Gasteiger partial charge in [0, 0.05) is 4.88 Å². The topological polar surface area (TPSA) is 90.9 Å². The van der Waals surface area contributed by atoms with Gasteiger partial charge in [0.25, 0.3) is 5.91 Å². The molecule has 7 nitrogen and oxygen atoms in total. The molecule has 1 heterocycles. The Morgan fingerprint density at radius 3 is 2.48 bits per heavy atom. The number of hydrogen-bond donors (Lipinski definition) is 1. The molecule has 1 aromatic carbocycles. The lowest BCUT2D eigenvalue weighted by molar-refractivity contribution is -0.142. The SMILES string of the molecule is COC(=O)c1c(NC(=O)COc2ccccc2C(C)(C)C)sc2c1[C@@H](C(=O)OC)CC2. The van der Waals surface area contributed by atoms with E-state index in [4.69, 9.17) is 14.2 Å². The molecule has 31 heavy (non-hydrogen) atoms. The van der Waals surface area contributed by atoms with Crippen LogP contribution in [0.4, 0.5) is 5.00 Å². The first-order valence-electron chi connectivity index (χ1n) is 10.0. The van der Waals surface area contributed by atoms with Crippen LogP contribution in [0.3, 0.4) is 0 Å². The highest BCUT2D eigenvalue weighted by atomic mass is 32.1. The number of benzene rings is 1. The van der Waals surface area contributed by atoms with Crippen LogP contribution in [0.5, 0.6) is 5.75 Å². The fourth-order valence-corrected chi connectivity index (χ4v) is 5.03. The molecule has 0 saturated heterocycles. The van der Waals surface area contributed by atoms with Crippen LogP contribution >= 0.6 is 11.3 Å². The summed E-state index contributed by atoms with van der Waals surface area (Å²) in [7, 11) is 2.59. The Morgan fingerprint density at radius 2 is 1.84 bits per heavy atom. The van der Waals surface area contributed by atoms with Crippen LogP contribution in [-0.4, -0.2) is 38.7 Å². The maximum Gasteiger partial charge on any atom is 0.341 e. The Balaban J connectivity index is 1.80. The predicted molar refractivity (Wildman–Crippen MR) is 118 cm³/mol. The van der Waals surface area contributed by atoms with Crippen molar-refractivity contribution in [1.82, 2.24) is 0 Å². The van der Waals surface area contributed by atoms with Gasteiger partial charge in [0.05, 0.1) is 25.7 Å². The number of hydrogen-bond acceptors (Lipinski definition) is 7. The van der Waals surface area contributed by atoms with Gasteiger partial charge in [-0.2, -0.15) is 0 Å². The third-order valence-electron chi connectivity index (χ3n) is 5.21. The zero-order valence-corrected chi connectivity index (χ0v) is 19.2. The third-order valence-corrected chi connectivity index (χ3v) is 6.39. The van der Waals surface area contributed by atoms with Crippen molar-refractivity contribution in [2.24, 2.45) is 0 Å². The van der Waals surface area contributed by atoms with Crippen molar-refractivity contribution in [3.8, 4) is 5.75 Å². The molecule has 1 N–H and O–H groups in total. The van der Waals surface area contributed by atoms with Gasteiger partial charge in [-0.15, -0.1) is 11.3 Å². The zero-order valence-electron chi connectivity index (χ0n) is 18.4. The molecular formula is C23H27NO6S. The van der Waals surface area contributed by atoms with Crippen molar-refractivity contribution in [3.63, 3.8) is 0 Å². The Kier molecular flexibility index (Phi) is 6.69. The molecule has 0 spiro atoms. The molecule has 0 saturated carbocycles. The number of anilines is 1. The highest BCUT2D eigenvalue weighted by Crippen LogP contribution is 2.45. The van der Waals surface area contributed by atoms with Crippen LogP contribution in [-0.2, 0) is 30.9 Å². The maximum absolute atomic E-state index is 12.6. The summed E-state index contributed by atoms with van der Waals surface area (Å²) in [5.41, 5.74) is 1.67. The van der Waals surface area contributed by atoms with Crippen LogP contribution in [0, 0.1) is 0 Å². The minimum Gasteiger partial charge on any atom is -0.483 e. The van der Waals surface area contributed by atoms with Gasteiger partial charge in [-0.1, -0.05) is 39.0 Å². The fraction of sp³-hybridized carbons (Fsp3) is 0.435. The van der Waals surface area contributed by atoms with Crippen molar-refractivity contribution in [2.75, 3.05) is 26.1 Å². The standard InChI is InChI=1S/C23H27NO6S/c1-23(2,3)14-8-6-7-9-15(14)30-12-17(25)24-20-19(22(27)29-5)18-13(21(26)28-4)10-11-16(18)31-20/h6-9,13H,10-12H2,1-5H3,(H,24,25)/t13-/m0/s1. The monoisotopic (exact) mass is 445 g/mol. The van der Waals surface area contributed by atoms with Gasteiger partial charge >= 0.3 is 11.9 Å². The van der Waals surface area contributed by atoms with E-state index in [1.165, 1.54) is 25.6 Å². The Bertz CT molecular complexity index is 1000. The highest BCUT2D eigenvalue weighted by molar-refractivity contribution is 7.17. The minimum atomic E-state index is -0.595. The number of esters is 2. The molecule has 3 rings (SSSR count). The predicted octanol–water partition coefficient (Wildman–Crippen LogP) is 4.05. The molecule has 1 aromatic heterocycles. The van der Waals surface area contributed by atoms with Gasteiger partial charge in [-0.05, 0) is 35.4 Å².